The number of carbonyl (C=O) groups excluding carboxylic acids is 2. The van der Waals surface area contributed by atoms with Gasteiger partial charge in [-0.05, 0) is 27.2 Å². The summed E-state index contributed by atoms with van der Waals surface area (Å²) >= 11 is 0. The molecule has 0 saturated carbocycles. The summed E-state index contributed by atoms with van der Waals surface area (Å²) in [6.07, 6.45) is 0.960. The first kappa shape index (κ1) is 13.5. The van der Waals surface area contributed by atoms with Crippen molar-refractivity contribution in [3.05, 3.63) is 0 Å². The Hall–Kier alpha value is -1.57. The first-order chi connectivity index (χ1) is 7.87. The Morgan fingerprint density at radius 1 is 1.59 bits per heavy atom. The molecule has 1 fully saturated rings. The zero-order valence-electron chi connectivity index (χ0n) is 10.5. The van der Waals surface area contributed by atoms with Crippen LogP contribution >= 0.6 is 0 Å². The summed E-state index contributed by atoms with van der Waals surface area (Å²) in [7, 11) is 0. The van der Waals surface area contributed by atoms with Crippen molar-refractivity contribution < 1.29 is 14.3 Å². The molecule has 0 radical (unpaired) electrons. The van der Waals surface area contributed by atoms with Crippen molar-refractivity contribution in [2.24, 2.45) is 11.8 Å². The Bertz CT molecular complexity index is 341. The number of aldehydes is 1. The molecule has 0 spiro atoms. The normalized spacial score (nSPS) is 21.8. The average Bonchev–Trinajstić information content (AvgIpc) is 2.66. The first-order valence-electron chi connectivity index (χ1n) is 5.70. The van der Waals surface area contributed by atoms with E-state index in [1.807, 2.05) is 26.8 Å². The van der Waals surface area contributed by atoms with E-state index in [1.165, 1.54) is 0 Å². The molecule has 1 heterocycles. The molecule has 0 bridgehead atoms. The van der Waals surface area contributed by atoms with Crippen molar-refractivity contribution in [3.8, 4) is 6.07 Å². The largest absolute Gasteiger partial charge is 0.444 e. The summed E-state index contributed by atoms with van der Waals surface area (Å²) in [6.45, 7) is 6.39. The minimum absolute atomic E-state index is 0.0648. The van der Waals surface area contributed by atoms with Crippen molar-refractivity contribution in [2.45, 2.75) is 32.8 Å². The van der Waals surface area contributed by atoms with Gasteiger partial charge in [-0.15, -0.1) is 0 Å². The highest BCUT2D eigenvalue weighted by atomic mass is 16.6. The van der Waals surface area contributed by atoms with Gasteiger partial charge in [0.15, 0.2) is 0 Å². The molecule has 94 valence electrons. The molecule has 5 nitrogen and oxygen atoms in total. The summed E-state index contributed by atoms with van der Waals surface area (Å²) in [6, 6.07) is 1.95. The summed E-state index contributed by atoms with van der Waals surface area (Å²) in [5.41, 5.74) is -0.519. The highest BCUT2D eigenvalue weighted by molar-refractivity contribution is 5.69. The molecule has 1 amide bonds. The van der Waals surface area contributed by atoms with Gasteiger partial charge in [-0.2, -0.15) is 5.26 Å². The van der Waals surface area contributed by atoms with E-state index in [9.17, 15) is 9.59 Å². The molecule has 0 aromatic heterocycles. The van der Waals surface area contributed by atoms with Crippen LogP contribution in [0.1, 0.15) is 27.2 Å². The van der Waals surface area contributed by atoms with E-state index >= 15 is 0 Å². The highest BCUT2D eigenvalue weighted by Gasteiger charge is 2.33. The molecule has 5 heteroatoms. The van der Waals surface area contributed by atoms with E-state index in [0.717, 1.165) is 0 Å². The zero-order valence-corrected chi connectivity index (χ0v) is 10.5. The molecule has 1 saturated heterocycles. The van der Waals surface area contributed by atoms with Gasteiger partial charge in [0.2, 0.25) is 0 Å². The van der Waals surface area contributed by atoms with Crippen molar-refractivity contribution in [1.82, 2.24) is 4.90 Å². The van der Waals surface area contributed by atoms with Crippen LogP contribution in [-0.4, -0.2) is 36.0 Å². The Morgan fingerprint density at radius 3 is 2.71 bits per heavy atom. The number of hydrogen-bond donors (Lipinski definition) is 0. The molecule has 2 atom stereocenters. The molecule has 1 aliphatic rings. The van der Waals surface area contributed by atoms with E-state index in [0.29, 0.717) is 25.8 Å². The smallest absolute Gasteiger partial charge is 0.410 e. The third-order valence-electron chi connectivity index (χ3n) is 2.68. The van der Waals surface area contributed by atoms with Crippen molar-refractivity contribution >= 4 is 12.4 Å². The van der Waals surface area contributed by atoms with Gasteiger partial charge < -0.3 is 14.4 Å². The molecule has 0 N–H and O–H groups in total. The molecule has 0 unspecified atom stereocenters. The van der Waals surface area contributed by atoms with E-state index in [2.05, 4.69) is 0 Å². The lowest BCUT2D eigenvalue weighted by Gasteiger charge is -2.24. The fourth-order valence-electron chi connectivity index (χ4n) is 1.82. The highest BCUT2D eigenvalue weighted by Crippen LogP contribution is 2.24. The van der Waals surface area contributed by atoms with Crippen LogP contribution in [0.15, 0.2) is 0 Å². The SMILES string of the molecule is CC(C)(C)OC(=O)N1CC[C@@H]([C@H](C#N)C=O)C1. The predicted octanol–water partition coefficient (Wildman–Crippen LogP) is 1.58. The van der Waals surface area contributed by atoms with E-state index in [1.54, 1.807) is 4.90 Å². The molecule has 0 aromatic rings. The Kier molecular flexibility index (Phi) is 4.11. The molecule has 1 aliphatic heterocycles. The van der Waals surface area contributed by atoms with Gasteiger partial charge in [-0.3, -0.25) is 0 Å². The monoisotopic (exact) mass is 238 g/mol. The van der Waals surface area contributed by atoms with Gasteiger partial charge in [-0.1, -0.05) is 0 Å². The lowest BCUT2D eigenvalue weighted by atomic mass is 9.94. The van der Waals surface area contributed by atoms with E-state index in [4.69, 9.17) is 10.00 Å². The number of amides is 1. The lowest BCUT2D eigenvalue weighted by Crippen LogP contribution is -2.35. The van der Waals surface area contributed by atoms with Crippen molar-refractivity contribution in [1.29, 1.82) is 5.26 Å². The molecule has 0 aliphatic carbocycles. The minimum atomic E-state index is -0.623. The first-order valence-corrected chi connectivity index (χ1v) is 5.70. The van der Waals surface area contributed by atoms with Gasteiger partial charge in [0.05, 0.1) is 6.07 Å². The molecule has 1 rings (SSSR count). The molecular weight excluding hydrogens is 220 g/mol. The zero-order chi connectivity index (χ0) is 13.1. The fraction of sp³-hybridized carbons (Fsp3) is 0.750. The average molecular weight is 238 g/mol. The van der Waals surface area contributed by atoms with Gasteiger partial charge in [0.1, 0.15) is 17.8 Å². The summed E-state index contributed by atoms with van der Waals surface area (Å²) in [4.78, 5) is 24.0. The number of nitriles is 1. The van der Waals surface area contributed by atoms with Crippen LogP contribution in [0.25, 0.3) is 0 Å². The fourth-order valence-corrected chi connectivity index (χ4v) is 1.82. The number of nitrogens with zero attached hydrogens (tertiary/aromatic N) is 2. The van der Waals surface area contributed by atoms with Crippen LogP contribution in [0.2, 0.25) is 0 Å². The van der Waals surface area contributed by atoms with E-state index in [-0.39, 0.29) is 12.0 Å². The number of ether oxygens (including phenoxy) is 1. The van der Waals surface area contributed by atoms with Crippen LogP contribution < -0.4 is 0 Å². The number of hydrogen-bond acceptors (Lipinski definition) is 4. The number of carbonyl (C=O) groups is 2. The molecule has 0 aromatic carbocycles. The standard InChI is InChI=1S/C12H18N2O3/c1-12(2,3)17-11(16)14-5-4-9(7-14)10(6-13)8-15/h8-10H,4-5,7H2,1-3H3/t9-,10-/m1/s1. The second-order valence-corrected chi connectivity index (χ2v) is 5.27. The van der Waals surface area contributed by atoms with Crippen LogP contribution in [0.4, 0.5) is 4.79 Å². The van der Waals surface area contributed by atoms with Gasteiger partial charge >= 0.3 is 6.09 Å². The van der Waals surface area contributed by atoms with Crippen LogP contribution in [0.3, 0.4) is 0 Å². The number of rotatable bonds is 2. The topological polar surface area (TPSA) is 70.4 Å². The number of likely N-dealkylation sites (tertiary alicyclic amines) is 1. The lowest BCUT2D eigenvalue weighted by molar-refractivity contribution is -0.110. The maximum Gasteiger partial charge on any atom is 0.410 e. The Labute approximate surface area is 101 Å². The van der Waals surface area contributed by atoms with E-state index < -0.39 is 11.5 Å². The van der Waals surface area contributed by atoms with Gasteiger partial charge in [0, 0.05) is 19.0 Å². The summed E-state index contributed by atoms with van der Waals surface area (Å²) in [5, 5.41) is 8.78. The second kappa shape index (κ2) is 5.17. The predicted molar refractivity (Wildman–Crippen MR) is 61.1 cm³/mol. The third kappa shape index (κ3) is 3.74. The van der Waals surface area contributed by atoms with Crippen molar-refractivity contribution in [3.63, 3.8) is 0 Å². The molecular formula is C12H18N2O3. The van der Waals surface area contributed by atoms with Crippen LogP contribution in [0.5, 0.6) is 0 Å². The molecule has 17 heavy (non-hydrogen) atoms. The Balaban J connectivity index is 2.53. The van der Waals surface area contributed by atoms with Crippen LogP contribution in [-0.2, 0) is 9.53 Å². The van der Waals surface area contributed by atoms with Gasteiger partial charge in [-0.25, -0.2) is 4.79 Å². The summed E-state index contributed by atoms with van der Waals surface area (Å²) in [5.74, 6) is -0.688. The quantitative estimate of drug-likeness (QED) is 0.685. The minimum Gasteiger partial charge on any atom is -0.444 e. The maximum absolute atomic E-state index is 11.7. The van der Waals surface area contributed by atoms with Crippen molar-refractivity contribution in [2.75, 3.05) is 13.1 Å². The maximum atomic E-state index is 11.7. The Morgan fingerprint density at radius 2 is 2.24 bits per heavy atom. The van der Waals surface area contributed by atoms with Gasteiger partial charge in [0.25, 0.3) is 0 Å². The summed E-state index contributed by atoms with van der Waals surface area (Å²) < 4.78 is 5.23. The third-order valence-corrected chi connectivity index (χ3v) is 2.68. The second-order valence-electron chi connectivity index (χ2n) is 5.27. The van der Waals surface area contributed by atoms with Crippen LogP contribution in [0, 0.1) is 23.2 Å².